The van der Waals surface area contributed by atoms with Crippen LogP contribution < -0.4 is 10.1 Å². The number of carbonyl (C=O) groups excluding carboxylic acids is 1. The molecule has 0 fully saturated rings. The van der Waals surface area contributed by atoms with E-state index in [-0.39, 0.29) is 12.6 Å². The molecule has 1 aromatic carbocycles. The van der Waals surface area contributed by atoms with E-state index in [0.717, 1.165) is 17.0 Å². The van der Waals surface area contributed by atoms with Gasteiger partial charge in [0.25, 0.3) is 5.91 Å². The van der Waals surface area contributed by atoms with Gasteiger partial charge < -0.3 is 10.1 Å². The number of amides is 1. The average molecular weight is 325 g/mol. The molecule has 0 saturated carbocycles. The van der Waals surface area contributed by atoms with Gasteiger partial charge in [0.2, 0.25) is 0 Å². The van der Waals surface area contributed by atoms with Gasteiger partial charge in [-0.1, -0.05) is 18.2 Å². The van der Waals surface area contributed by atoms with Gasteiger partial charge in [-0.25, -0.2) is 4.68 Å². The van der Waals surface area contributed by atoms with Crippen LogP contribution in [0.15, 0.2) is 48.8 Å². The molecule has 0 aliphatic carbocycles. The van der Waals surface area contributed by atoms with E-state index in [1.165, 1.54) is 0 Å². The molecule has 1 N–H and O–H groups in total. The summed E-state index contributed by atoms with van der Waals surface area (Å²) in [5.74, 6) is 0.530. The fraction of sp³-hybridized carbons (Fsp3) is 0.235. The number of hydrogen-bond donors (Lipinski definition) is 1. The van der Waals surface area contributed by atoms with Gasteiger partial charge in [-0.3, -0.25) is 9.48 Å². The van der Waals surface area contributed by atoms with Crippen molar-refractivity contribution in [3.8, 4) is 5.75 Å². The third-order valence-corrected chi connectivity index (χ3v) is 3.76. The Morgan fingerprint density at radius 2 is 2.04 bits per heavy atom. The second-order valence-corrected chi connectivity index (χ2v) is 5.39. The van der Waals surface area contributed by atoms with E-state index in [9.17, 15) is 4.79 Å². The molecule has 24 heavy (non-hydrogen) atoms. The first-order valence-corrected chi connectivity index (χ1v) is 7.60. The van der Waals surface area contributed by atoms with Crippen molar-refractivity contribution in [2.24, 2.45) is 7.05 Å². The highest BCUT2D eigenvalue weighted by Gasteiger charge is 2.11. The summed E-state index contributed by atoms with van der Waals surface area (Å²) in [7, 11) is 1.87. The molecule has 3 rings (SSSR count). The Morgan fingerprint density at radius 1 is 1.25 bits per heavy atom. The first-order chi connectivity index (χ1) is 11.6. The molecule has 0 spiro atoms. The highest BCUT2D eigenvalue weighted by Crippen LogP contribution is 2.09. The molecule has 1 amide bonds. The molecule has 7 heteroatoms. The third kappa shape index (κ3) is 3.62. The van der Waals surface area contributed by atoms with Gasteiger partial charge in [-0.05, 0) is 25.1 Å². The highest BCUT2D eigenvalue weighted by molar-refractivity contribution is 5.92. The predicted molar refractivity (Wildman–Crippen MR) is 88.4 cm³/mol. The minimum absolute atomic E-state index is 0.225. The van der Waals surface area contributed by atoms with Crippen molar-refractivity contribution >= 4 is 5.91 Å². The lowest BCUT2D eigenvalue weighted by atomic mass is 10.2. The molecular formula is C17H19N5O2. The van der Waals surface area contributed by atoms with Crippen LogP contribution in [0.1, 0.15) is 21.7 Å². The number of nitrogens with zero attached hydrogens (tertiary/aromatic N) is 4. The maximum Gasteiger partial charge on any atom is 0.272 e. The maximum atomic E-state index is 12.2. The molecule has 2 aromatic heterocycles. The number of carbonyl (C=O) groups is 1. The monoisotopic (exact) mass is 325 g/mol. The molecule has 0 bridgehead atoms. The Labute approximate surface area is 139 Å². The minimum Gasteiger partial charge on any atom is -0.471 e. The number of hydrogen-bond acceptors (Lipinski definition) is 4. The molecule has 0 atom stereocenters. The van der Waals surface area contributed by atoms with Crippen LogP contribution in [0.25, 0.3) is 0 Å². The van der Waals surface area contributed by atoms with Crippen LogP contribution in [0.4, 0.5) is 0 Å². The fourth-order valence-corrected chi connectivity index (χ4v) is 2.20. The van der Waals surface area contributed by atoms with E-state index in [0.29, 0.717) is 12.2 Å². The van der Waals surface area contributed by atoms with Crippen molar-refractivity contribution in [3.63, 3.8) is 0 Å². The normalized spacial score (nSPS) is 10.6. The summed E-state index contributed by atoms with van der Waals surface area (Å²) in [5.41, 5.74) is 2.36. The van der Waals surface area contributed by atoms with Crippen molar-refractivity contribution in [2.45, 2.75) is 20.2 Å². The highest BCUT2D eigenvalue weighted by atomic mass is 16.5. The van der Waals surface area contributed by atoms with Crippen molar-refractivity contribution < 1.29 is 9.53 Å². The molecule has 2 heterocycles. The number of rotatable bonds is 6. The van der Waals surface area contributed by atoms with Crippen molar-refractivity contribution in [1.82, 2.24) is 24.9 Å². The van der Waals surface area contributed by atoms with Gasteiger partial charge in [-0.15, -0.1) is 0 Å². The second kappa shape index (κ2) is 6.99. The molecule has 124 valence electrons. The number of benzene rings is 1. The summed E-state index contributed by atoms with van der Waals surface area (Å²) in [6.45, 7) is 2.63. The van der Waals surface area contributed by atoms with Gasteiger partial charge in [0.05, 0.1) is 6.20 Å². The molecule has 0 radical (unpaired) electrons. The summed E-state index contributed by atoms with van der Waals surface area (Å²) in [4.78, 5) is 12.2. The molecule has 0 aliphatic rings. The van der Waals surface area contributed by atoms with Crippen LogP contribution in [0.5, 0.6) is 5.75 Å². The van der Waals surface area contributed by atoms with E-state index >= 15 is 0 Å². The lowest BCUT2D eigenvalue weighted by molar-refractivity contribution is 0.0944. The number of aromatic nitrogens is 4. The molecular weight excluding hydrogens is 306 g/mol. The first kappa shape index (κ1) is 15.8. The van der Waals surface area contributed by atoms with Crippen molar-refractivity contribution in [3.05, 3.63) is 65.7 Å². The number of aryl methyl sites for hydroxylation is 1. The van der Waals surface area contributed by atoms with E-state index in [2.05, 4.69) is 15.5 Å². The van der Waals surface area contributed by atoms with Gasteiger partial charge >= 0.3 is 0 Å². The van der Waals surface area contributed by atoms with E-state index < -0.39 is 0 Å². The van der Waals surface area contributed by atoms with Gasteiger partial charge in [0.15, 0.2) is 6.73 Å². The minimum atomic E-state index is -0.225. The number of nitrogens with one attached hydrogen (secondary N) is 1. The largest absolute Gasteiger partial charge is 0.471 e. The Kier molecular flexibility index (Phi) is 4.60. The van der Waals surface area contributed by atoms with Crippen LogP contribution in [0.3, 0.4) is 0 Å². The summed E-state index contributed by atoms with van der Waals surface area (Å²) in [6.07, 6.45) is 3.47. The van der Waals surface area contributed by atoms with E-state index in [1.54, 1.807) is 27.8 Å². The van der Waals surface area contributed by atoms with Crippen LogP contribution in [0, 0.1) is 6.92 Å². The predicted octanol–water partition coefficient (Wildman–Crippen LogP) is 1.89. The zero-order valence-corrected chi connectivity index (χ0v) is 13.6. The molecule has 7 nitrogen and oxygen atoms in total. The lowest BCUT2D eigenvalue weighted by Crippen LogP contribution is -2.24. The summed E-state index contributed by atoms with van der Waals surface area (Å²) < 4.78 is 8.95. The van der Waals surface area contributed by atoms with Crippen LogP contribution in [-0.2, 0) is 20.3 Å². The zero-order valence-electron chi connectivity index (χ0n) is 13.6. The Bertz CT molecular complexity index is 823. The average Bonchev–Trinajstić information content (AvgIpc) is 3.20. The Balaban J connectivity index is 1.54. The first-order valence-electron chi connectivity index (χ1n) is 7.60. The van der Waals surface area contributed by atoms with Crippen molar-refractivity contribution in [1.29, 1.82) is 0 Å². The maximum absolute atomic E-state index is 12.2. The van der Waals surface area contributed by atoms with Gasteiger partial charge in [0.1, 0.15) is 11.4 Å². The quantitative estimate of drug-likeness (QED) is 0.751. The van der Waals surface area contributed by atoms with Crippen LogP contribution in [0.2, 0.25) is 0 Å². The Hall–Kier alpha value is -3.09. The molecule has 0 unspecified atom stereocenters. The second-order valence-electron chi connectivity index (χ2n) is 5.39. The van der Waals surface area contributed by atoms with Crippen molar-refractivity contribution in [2.75, 3.05) is 0 Å². The van der Waals surface area contributed by atoms with Gasteiger partial charge in [-0.2, -0.15) is 10.2 Å². The van der Waals surface area contributed by atoms with Crippen LogP contribution >= 0.6 is 0 Å². The Morgan fingerprint density at radius 3 is 2.75 bits per heavy atom. The number of para-hydroxylation sites is 1. The zero-order chi connectivity index (χ0) is 16.9. The fourth-order valence-electron chi connectivity index (χ4n) is 2.20. The van der Waals surface area contributed by atoms with E-state index in [1.807, 2.05) is 44.3 Å². The molecule has 3 aromatic rings. The molecule has 0 aliphatic heterocycles. The summed E-state index contributed by atoms with van der Waals surface area (Å²) in [5, 5.41) is 11.2. The summed E-state index contributed by atoms with van der Waals surface area (Å²) in [6, 6.07) is 11.1. The summed E-state index contributed by atoms with van der Waals surface area (Å²) >= 11 is 0. The van der Waals surface area contributed by atoms with Crippen LogP contribution in [-0.4, -0.2) is 25.5 Å². The topological polar surface area (TPSA) is 74.0 Å². The standard InChI is InChI=1S/C17H19N5O2/c1-13-14(11-19-21(13)2)10-18-17(23)16-8-9-22(20-16)12-24-15-6-4-3-5-7-15/h3-9,11H,10,12H2,1-2H3,(H,18,23). The lowest BCUT2D eigenvalue weighted by Gasteiger charge is -2.05. The SMILES string of the molecule is Cc1c(CNC(=O)c2ccn(COc3ccccc3)n2)cnn1C. The third-order valence-electron chi connectivity index (χ3n) is 3.76. The number of ether oxygens (including phenoxy) is 1. The van der Waals surface area contributed by atoms with Gasteiger partial charge in [0, 0.05) is 31.0 Å². The van der Waals surface area contributed by atoms with E-state index in [4.69, 9.17) is 4.74 Å². The molecule has 0 saturated heterocycles. The smallest absolute Gasteiger partial charge is 0.272 e.